The molecule has 5 heteroatoms. The Bertz CT molecular complexity index is 1890. The number of fused-ring (bicyclic) bond motifs is 10. The molecule has 0 heterocycles. The number of benzene rings is 6. The van der Waals surface area contributed by atoms with Gasteiger partial charge in [0.25, 0.3) is 0 Å². The van der Waals surface area contributed by atoms with Crippen molar-refractivity contribution in [3.8, 4) is 0 Å². The molecule has 2 aliphatic carbocycles. The molecule has 2 aliphatic rings. The molecule has 0 radical (unpaired) electrons. The number of nitrogens with zero attached hydrogens (tertiary/aromatic N) is 1. The van der Waals surface area contributed by atoms with Crippen molar-refractivity contribution < 1.29 is 48.8 Å². The largest absolute Gasteiger partial charge is 1.00 e. The summed E-state index contributed by atoms with van der Waals surface area (Å²) < 4.78 is 2.24. The standard InChI is InChI=1S/2C17H11.C6H14BN.2ClH.Zr/c2*1-2-6-15-12(4-1)8-10-14-11-9-13-5-3-7-16(13)17(14)15;1-5(2)8(7)6(3)4;;;/h2*1-4,6,8-11H,7H2;5-6H,1-4H3;2*1H;/q2*-1;;;;+2/p-2. The molecular weight excluding hydrogens is 667 g/mol. The Morgan fingerprint density at radius 2 is 0.933 bits per heavy atom. The van der Waals surface area contributed by atoms with Crippen LogP contribution >= 0.6 is 0 Å². The van der Waals surface area contributed by atoms with Crippen molar-refractivity contribution >= 4 is 47.6 Å². The first-order chi connectivity index (χ1) is 21.0. The van der Waals surface area contributed by atoms with Crippen molar-refractivity contribution in [3.63, 3.8) is 0 Å². The molecule has 0 saturated heterocycles. The minimum atomic E-state index is 0. The van der Waals surface area contributed by atoms with Gasteiger partial charge in [0.15, 0.2) is 0 Å². The van der Waals surface area contributed by atoms with Crippen LogP contribution in [0.25, 0.3) is 43.1 Å². The molecule has 0 N–H and O–H groups in total. The molecular formula is C40H36BCl2NZr-2. The number of allylic oxidation sites excluding steroid dienone is 2. The zero-order chi connectivity index (χ0) is 29.9. The zero-order valence-electron chi connectivity index (χ0n) is 26.2. The molecule has 0 spiro atoms. The van der Waals surface area contributed by atoms with Gasteiger partial charge in [-0.1, -0.05) is 96.4 Å². The van der Waals surface area contributed by atoms with E-state index in [0.29, 0.717) is 12.1 Å². The van der Waals surface area contributed by atoms with E-state index >= 15 is 0 Å². The number of hydrogen-bond acceptors (Lipinski definition) is 1. The van der Waals surface area contributed by atoms with Crippen LogP contribution in [0.4, 0.5) is 0 Å². The minimum absolute atomic E-state index is 0. The average Bonchev–Trinajstić information content (AvgIpc) is 3.71. The second-order valence-electron chi connectivity index (χ2n) is 11.8. The molecule has 0 unspecified atom stereocenters. The first kappa shape index (κ1) is 35.2. The van der Waals surface area contributed by atoms with Crippen LogP contribution in [0.1, 0.15) is 49.9 Å². The van der Waals surface area contributed by atoms with E-state index in [4.69, 9.17) is 0 Å². The molecule has 45 heavy (non-hydrogen) atoms. The second-order valence-corrected chi connectivity index (χ2v) is 12.5. The first-order valence-corrected chi connectivity index (χ1v) is 16.7. The SMILES string of the molecule is CC(C)N([B]=[Zr+2])C(C)C.[C-]1=CCc2c1ccc1ccc3ccccc3c21.[C-]1=CCc2c1ccc1ccc3ccccc3c21.[Cl-].[Cl-]. The summed E-state index contributed by atoms with van der Waals surface area (Å²) in [5.74, 6) is 0. The summed E-state index contributed by atoms with van der Waals surface area (Å²) in [6.45, 7) is 8.89. The number of halogens is 2. The van der Waals surface area contributed by atoms with Crippen molar-refractivity contribution in [2.75, 3.05) is 0 Å². The predicted molar refractivity (Wildman–Crippen MR) is 182 cm³/mol. The summed E-state index contributed by atoms with van der Waals surface area (Å²) in [7, 11) is 0. The molecule has 0 saturated carbocycles. The molecule has 0 fully saturated rings. The van der Waals surface area contributed by atoms with E-state index in [2.05, 4.69) is 158 Å². The fourth-order valence-electron chi connectivity index (χ4n) is 6.46. The first-order valence-electron chi connectivity index (χ1n) is 15.3. The van der Waals surface area contributed by atoms with Gasteiger partial charge >= 0.3 is 73.1 Å². The summed E-state index contributed by atoms with van der Waals surface area (Å²) in [6.07, 6.45) is 13.0. The molecule has 0 aromatic heterocycles. The van der Waals surface area contributed by atoms with Crippen LogP contribution in [0.15, 0.2) is 109 Å². The van der Waals surface area contributed by atoms with Gasteiger partial charge in [0.05, 0.1) is 0 Å². The summed E-state index contributed by atoms with van der Waals surface area (Å²) in [5, 5.41) is 10.8. The topological polar surface area (TPSA) is 3.24 Å². The van der Waals surface area contributed by atoms with E-state index in [1.807, 2.05) is 0 Å². The van der Waals surface area contributed by atoms with E-state index in [1.165, 1.54) is 89.3 Å². The van der Waals surface area contributed by atoms with E-state index in [9.17, 15) is 0 Å². The molecule has 0 atom stereocenters. The second kappa shape index (κ2) is 15.7. The quantitative estimate of drug-likeness (QED) is 0.155. The number of hydrogen-bond donors (Lipinski definition) is 0. The van der Waals surface area contributed by atoms with Gasteiger partial charge in [0.2, 0.25) is 0 Å². The summed E-state index contributed by atoms with van der Waals surface area (Å²) in [5.41, 5.74) is 5.38. The van der Waals surface area contributed by atoms with Crippen molar-refractivity contribution in [2.45, 2.75) is 52.6 Å². The Morgan fingerprint density at radius 3 is 1.31 bits per heavy atom. The van der Waals surface area contributed by atoms with Gasteiger partial charge < -0.3 is 24.8 Å². The van der Waals surface area contributed by atoms with Crippen LogP contribution in [0.3, 0.4) is 0 Å². The van der Waals surface area contributed by atoms with E-state index in [-0.39, 0.29) is 24.8 Å². The average molecular weight is 704 g/mol. The van der Waals surface area contributed by atoms with Crippen molar-refractivity contribution in [1.29, 1.82) is 0 Å². The van der Waals surface area contributed by atoms with Crippen molar-refractivity contribution in [3.05, 3.63) is 144 Å². The molecule has 0 aliphatic heterocycles. The monoisotopic (exact) mass is 701 g/mol. The Labute approximate surface area is 295 Å². The van der Waals surface area contributed by atoms with Crippen LogP contribution in [0, 0.1) is 12.2 Å². The summed E-state index contributed by atoms with van der Waals surface area (Å²) in [6, 6.07) is 36.1. The third kappa shape index (κ3) is 7.34. The minimum Gasteiger partial charge on any atom is -1.00 e. The Morgan fingerprint density at radius 1 is 0.556 bits per heavy atom. The van der Waals surface area contributed by atoms with Crippen LogP contribution in [0.2, 0.25) is 0 Å². The maximum Gasteiger partial charge on any atom is -0.0188 e. The summed E-state index contributed by atoms with van der Waals surface area (Å²) >= 11 is 1.49. The van der Waals surface area contributed by atoms with Gasteiger partial charge in [-0.05, 0) is 32.3 Å². The van der Waals surface area contributed by atoms with Gasteiger partial charge in [-0.15, -0.1) is 23.3 Å². The van der Waals surface area contributed by atoms with Gasteiger partial charge in [0.1, 0.15) is 0 Å². The molecule has 6 aromatic carbocycles. The molecule has 0 amide bonds. The zero-order valence-corrected chi connectivity index (χ0v) is 30.2. The van der Waals surface area contributed by atoms with E-state index in [0.717, 1.165) is 12.8 Å². The van der Waals surface area contributed by atoms with E-state index in [1.54, 1.807) is 0 Å². The Balaban J connectivity index is 0.000000158. The maximum atomic E-state index is 3.33. The smallest absolute Gasteiger partial charge is 0.0188 e. The van der Waals surface area contributed by atoms with Gasteiger partial charge in [0, 0.05) is 0 Å². The molecule has 6 aromatic rings. The fourth-order valence-corrected chi connectivity index (χ4v) is 7.93. The van der Waals surface area contributed by atoms with Crippen LogP contribution in [-0.4, -0.2) is 21.4 Å². The third-order valence-electron chi connectivity index (χ3n) is 8.50. The summed E-state index contributed by atoms with van der Waals surface area (Å²) in [4.78, 5) is 2.37. The normalized spacial score (nSPS) is 12.4. The maximum absolute atomic E-state index is 3.33. The number of rotatable bonds is 3. The van der Waals surface area contributed by atoms with Gasteiger partial charge in [-0.3, -0.25) is 0 Å². The fraction of sp³-hybridized carbons (Fsp3) is 0.200. The van der Waals surface area contributed by atoms with Gasteiger partial charge in [-0.25, -0.2) is 0 Å². The van der Waals surface area contributed by atoms with E-state index < -0.39 is 0 Å². The molecule has 1 nitrogen and oxygen atoms in total. The molecule has 224 valence electrons. The predicted octanol–water partition coefficient (Wildman–Crippen LogP) is 3.71. The molecule has 8 rings (SSSR count). The van der Waals surface area contributed by atoms with Gasteiger partial charge in [-0.2, -0.15) is 47.6 Å². The van der Waals surface area contributed by atoms with Crippen molar-refractivity contribution in [1.82, 2.24) is 4.81 Å². The van der Waals surface area contributed by atoms with Crippen LogP contribution in [-0.2, 0) is 36.8 Å². The van der Waals surface area contributed by atoms with Crippen LogP contribution < -0.4 is 24.8 Å². The van der Waals surface area contributed by atoms with Crippen molar-refractivity contribution in [2.24, 2.45) is 0 Å². The Hall–Kier alpha value is -2.67. The third-order valence-corrected chi connectivity index (χ3v) is 9.24. The Kier molecular flexibility index (Phi) is 12.3. The van der Waals surface area contributed by atoms with Crippen LogP contribution in [0.5, 0.6) is 0 Å². The molecule has 0 bridgehead atoms.